The van der Waals surface area contributed by atoms with Crippen molar-refractivity contribution in [1.29, 1.82) is 0 Å². The van der Waals surface area contributed by atoms with Gasteiger partial charge in [-0.05, 0) is 32.3 Å². The molecule has 0 spiro atoms. The number of carbonyl (C=O) groups excluding carboxylic acids is 1. The topological polar surface area (TPSA) is 92.5 Å². The minimum Gasteiger partial charge on any atom is -0.481 e. The maximum absolute atomic E-state index is 12.8. The third kappa shape index (κ3) is 2.60. The predicted molar refractivity (Wildman–Crippen MR) is 90.6 cm³/mol. The summed E-state index contributed by atoms with van der Waals surface area (Å²) in [6.45, 7) is 4.26. The number of aromatic nitrogens is 2. The summed E-state index contributed by atoms with van der Waals surface area (Å²) in [6.07, 6.45) is 1.26. The van der Waals surface area contributed by atoms with Gasteiger partial charge in [0, 0.05) is 20.1 Å². The van der Waals surface area contributed by atoms with Crippen molar-refractivity contribution in [3.05, 3.63) is 26.6 Å². The summed E-state index contributed by atoms with van der Waals surface area (Å²) in [7, 11) is 1.66. The van der Waals surface area contributed by atoms with Crippen LogP contribution in [0.15, 0.2) is 4.79 Å². The van der Waals surface area contributed by atoms with E-state index in [1.807, 2.05) is 0 Å². The van der Waals surface area contributed by atoms with Crippen molar-refractivity contribution < 1.29 is 14.7 Å². The number of thiophene rings is 1. The molecule has 1 aliphatic rings. The fourth-order valence-corrected chi connectivity index (χ4v) is 4.26. The molecule has 1 atom stereocenters. The molecule has 1 N–H and O–H groups in total. The number of rotatable bonds is 2. The lowest BCUT2D eigenvalue weighted by molar-refractivity contribution is -0.143. The van der Waals surface area contributed by atoms with Gasteiger partial charge < -0.3 is 10.0 Å². The Bertz CT molecular complexity index is 899. The molecular weight excluding hydrogens is 330 g/mol. The van der Waals surface area contributed by atoms with Gasteiger partial charge >= 0.3 is 5.97 Å². The molecule has 1 unspecified atom stereocenters. The van der Waals surface area contributed by atoms with Crippen molar-refractivity contribution in [2.75, 3.05) is 13.1 Å². The predicted octanol–water partition coefficient (Wildman–Crippen LogP) is 1.55. The van der Waals surface area contributed by atoms with Crippen molar-refractivity contribution in [1.82, 2.24) is 14.5 Å². The maximum atomic E-state index is 12.8. The second-order valence-electron chi connectivity index (χ2n) is 6.19. The second kappa shape index (κ2) is 6.01. The van der Waals surface area contributed by atoms with Crippen LogP contribution in [0.4, 0.5) is 0 Å². The van der Waals surface area contributed by atoms with Crippen LogP contribution in [-0.2, 0) is 11.8 Å². The zero-order chi connectivity index (χ0) is 17.6. The number of piperidine rings is 1. The van der Waals surface area contributed by atoms with Crippen molar-refractivity contribution in [3.8, 4) is 0 Å². The molecule has 0 aliphatic carbocycles. The van der Waals surface area contributed by atoms with Gasteiger partial charge in [0.05, 0.1) is 16.2 Å². The number of likely N-dealkylation sites (tertiary alicyclic amines) is 1. The van der Waals surface area contributed by atoms with Gasteiger partial charge in [0.1, 0.15) is 10.7 Å². The molecule has 2 aromatic rings. The summed E-state index contributed by atoms with van der Waals surface area (Å²) in [5.74, 6) is -1.00. The molecule has 3 heterocycles. The number of aryl methyl sites for hydroxylation is 2. The summed E-state index contributed by atoms with van der Waals surface area (Å²) in [4.78, 5) is 43.5. The largest absolute Gasteiger partial charge is 0.481 e. The fraction of sp³-hybridized carbons (Fsp3) is 0.500. The number of aliphatic carboxylic acids is 1. The molecule has 7 nitrogen and oxygen atoms in total. The minimum atomic E-state index is -0.869. The van der Waals surface area contributed by atoms with Gasteiger partial charge in [-0.25, -0.2) is 4.98 Å². The van der Waals surface area contributed by atoms with E-state index in [1.54, 1.807) is 25.8 Å². The van der Waals surface area contributed by atoms with Gasteiger partial charge in [0.25, 0.3) is 11.5 Å². The van der Waals surface area contributed by atoms with E-state index in [4.69, 9.17) is 0 Å². The van der Waals surface area contributed by atoms with E-state index in [-0.39, 0.29) is 18.0 Å². The number of carboxylic acid groups (broad SMARTS) is 1. The van der Waals surface area contributed by atoms with E-state index in [2.05, 4.69) is 4.98 Å². The van der Waals surface area contributed by atoms with Crippen LogP contribution in [-0.4, -0.2) is 44.5 Å². The standard InChI is InChI=1S/C16H19N3O4S/c1-8-11-13(17-9(2)18(3)14(11)20)24-12(8)15(21)19-6-4-5-10(7-19)16(22)23/h10H,4-7H2,1-3H3,(H,22,23). The van der Waals surface area contributed by atoms with Crippen LogP contribution in [0.3, 0.4) is 0 Å². The maximum Gasteiger partial charge on any atom is 0.308 e. The van der Waals surface area contributed by atoms with Crippen LogP contribution in [0.5, 0.6) is 0 Å². The van der Waals surface area contributed by atoms with Gasteiger partial charge in [-0.15, -0.1) is 11.3 Å². The van der Waals surface area contributed by atoms with E-state index < -0.39 is 11.9 Å². The molecule has 3 rings (SSSR count). The Kier molecular flexibility index (Phi) is 4.16. The third-order valence-electron chi connectivity index (χ3n) is 4.65. The molecule has 1 amide bonds. The molecule has 0 bridgehead atoms. The number of hydrogen-bond acceptors (Lipinski definition) is 5. The van der Waals surface area contributed by atoms with Crippen molar-refractivity contribution in [3.63, 3.8) is 0 Å². The number of amides is 1. The first-order valence-corrected chi connectivity index (χ1v) is 8.61. The molecule has 0 radical (unpaired) electrons. The van der Waals surface area contributed by atoms with E-state index >= 15 is 0 Å². The van der Waals surface area contributed by atoms with Crippen LogP contribution in [0.1, 0.15) is 33.9 Å². The minimum absolute atomic E-state index is 0.160. The molecular formula is C16H19N3O4S. The van der Waals surface area contributed by atoms with E-state index in [9.17, 15) is 19.5 Å². The first kappa shape index (κ1) is 16.6. The molecule has 2 aromatic heterocycles. The molecule has 1 fully saturated rings. The zero-order valence-electron chi connectivity index (χ0n) is 13.8. The van der Waals surface area contributed by atoms with Crippen LogP contribution >= 0.6 is 11.3 Å². The average molecular weight is 349 g/mol. The number of carbonyl (C=O) groups is 2. The second-order valence-corrected chi connectivity index (χ2v) is 7.19. The lowest BCUT2D eigenvalue weighted by Crippen LogP contribution is -2.42. The van der Waals surface area contributed by atoms with Gasteiger partial charge in [-0.1, -0.05) is 0 Å². The highest BCUT2D eigenvalue weighted by atomic mass is 32.1. The van der Waals surface area contributed by atoms with Crippen LogP contribution in [0.2, 0.25) is 0 Å². The van der Waals surface area contributed by atoms with Crippen LogP contribution in [0, 0.1) is 19.8 Å². The van der Waals surface area contributed by atoms with E-state index in [0.29, 0.717) is 45.9 Å². The quantitative estimate of drug-likeness (QED) is 0.888. The Labute approximate surface area is 142 Å². The van der Waals surface area contributed by atoms with E-state index in [1.165, 1.54) is 15.9 Å². The van der Waals surface area contributed by atoms with Gasteiger partial charge in [0.2, 0.25) is 0 Å². The Morgan fingerprint density at radius 2 is 2.04 bits per heavy atom. The lowest BCUT2D eigenvalue weighted by Gasteiger charge is -2.30. The number of carboxylic acids is 1. The van der Waals surface area contributed by atoms with Crippen LogP contribution in [0.25, 0.3) is 10.2 Å². The molecule has 0 saturated carbocycles. The molecule has 1 saturated heterocycles. The highest BCUT2D eigenvalue weighted by Crippen LogP contribution is 2.29. The van der Waals surface area contributed by atoms with Gasteiger partial charge in [-0.3, -0.25) is 19.0 Å². The van der Waals surface area contributed by atoms with Crippen molar-refractivity contribution in [2.45, 2.75) is 26.7 Å². The monoisotopic (exact) mass is 349 g/mol. The molecule has 1 aliphatic heterocycles. The summed E-state index contributed by atoms with van der Waals surface area (Å²) in [5, 5.41) is 9.66. The Morgan fingerprint density at radius 3 is 2.71 bits per heavy atom. The Hall–Kier alpha value is -2.22. The Morgan fingerprint density at radius 1 is 1.33 bits per heavy atom. The summed E-state index contributed by atoms with van der Waals surface area (Å²) in [6, 6.07) is 0. The average Bonchev–Trinajstić information content (AvgIpc) is 2.88. The lowest BCUT2D eigenvalue weighted by atomic mass is 9.98. The highest BCUT2D eigenvalue weighted by molar-refractivity contribution is 7.20. The smallest absolute Gasteiger partial charge is 0.308 e. The normalized spacial score (nSPS) is 18.1. The number of fused-ring (bicyclic) bond motifs is 1. The SMILES string of the molecule is Cc1c(C(=O)N2CCCC(C(=O)O)C2)sc2nc(C)n(C)c(=O)c12. The molecule has 0 aromatic carbocycles. The van der Waals surface area contributed by atoms with Crippen molar-refractivity contribution in [2.24, 2.45) is 13.0 Å². The molecule has 8 heteroatoms. The molecule has 128 valence electrons. The summed E-state index contributed by atoms with van der Waals surface area (Å²) in [5.41, 5.74) is 0.470. The van der Waals surface area contributed by atoms with Gasteiger partial charge in [0.15, 0.2) is 0 Å². The first-order valence-electron chi connectivity index (χ1n) is 7.80. The van der Waals surface area contributed by atoms with Crippen LogP contribution < -0.4 is 5.56 Å². The van der Waals surface area contributed by atoms with E-state index in [0.717, 1.165) is 0 Å². The first-order chi connectivity index (χ1) is 11.3. The Balaban J connectivity index is 2.02. The number of hydrogen-bond donors (Lipinski definition) is 1. The highest BCUT2D eigenvalue weighted by Gasteiger charge is 2.31. The summed E-state index contributed by atoms with van der Waals surface area (Å²) < 4.78 is 1.47. The number of nitrogens with zero attached hydrogens (tertiary/aromatic N) is 3. The summed E-state index contributed by atoms with van der Waals surface area (Å²) >= 11 is 1.21. The zero-order valence-corrected chi connectivity index (χ0v) is 14.6. The molecule has 24 heavy (non-hydrogen) atoms. The third-order valence-corrected chi connectivity index (χ3v) is 5.82. The fourth-order valence-electron chi connectivity index (χ4n) is 3.08. The van der Waals surface area contributed by atoms with Gasteiger partial charge in [-0.2, -0.15) is 0 Å². The van der Waals surface area contributed by atoms with Crippen molar-refractivity contribution >= 4 is 33.4 Å².